The van der Waals surface area contributed by atoms with Gasteiger partial charge in [-0.15, -0.1) is 0 Å². The van der Waals surface area contributed by atoms with E-state index in [4.69, 9.17) is 9.15 Å². The van der Waals surface area contributed by atoms with Crippen LogP contribution in [0.15, 0.2) is 33.9 Å². The molecule has 90 valence electrons. The fourth-order valence-electron chi connectivity index (χ4n) is 1.33. The van der Waals surface area contributed by atoms with Gasteiger partial charge < -0.3 is 9.15 Å². The van der Waals surface area contributed by atoms with Crippen LogP contribution in [-0.2, 0) is 9.53 Å². The molecule has 0 N–H and O–H groups in total. The van der Waals surface area contributed by atoms with Gasteiger partial charge in [0.05, 0.1) is 6.10 Å². The van der Waals surface area contributed by atoms with Crippen molar-refractivity contribution in [1.82, 2.24) is 4.98 Å². The zero-order valence-electron chi connectivity index (χ0n) is 9.67. The van der Waals surface area contributed by atoms with Crippen molar-refractivity contribution >= 4 is 28.8 Å². The second kappa shape index (κ2) is 5.23. The monoisotopic (exact) mass is 251 g/mol. The fourth-order valence-corrected chi connectivity index (χ4v) is 1.95. The zero-order valence-corrected chi connectivity index (χ0v) is 10.5. The van der Waals surface area contributed by atoms with Crippen molar-refractivity contribution in [3.05, 3.63) is 24.3 Å². The number of oxazole rings is 1. The largest absolute Gasteiger partial charge is 0.462 e. The molecule has 1 aromatic carbocycles. The number of ether oxygens (including phenoxy) is 1. The molecule has 0 aliphatic rings. The van der Waals surface area contributed by atoms with Gasteiger partial charge in [-0.1, -0.05) is 23.9 Å². The molecule has 0 amide bonds. The molecule has 17 heavy (non-hydrogen) atoms. The number of hydrogen-bond acceptors (Lipinski definition) is 5. The second-order valence-corrected chi connectivity index (χ2v) is 4.70. The molecule has 1 heterocycles. The van der Waals surface area contributed by atoms with E-state index in [1.54, 1.807) is 0 Å². The predicted octanol–water partition coefficient (Wildman–Crippen LogP) is 2.87. The molecular formula is C12H13NO3S. The molecule has 0 fully saturated rings. The number of thioether (sulfide) groups is 1. The number of rotatable bonds is 4. The lowest BCUT2D eigenvalue weighted by atomic mass is 10.3. The van der Waals surface area contributed by atoms with Crippen LogP contribution in [0.4, 0.5) is 0 Å². The summed E-state index contributed by atoms with van der Waals surface area (Å²) < 4.78 is 10.5. The molecule has 0 bridgehead atoms. The summed E-state index contributed by atoms with van der Waals surface area (Å²) in [5.41, 5.74) is 1.53. The maximum absolute atomic E-state index is 11.3. The number of para-hydroxylation sites is 2. The van der Waals surface area contributed by atoms with Crippen molar-refractivity contribution in [3.8, 4) is 0 Å². The van der Waals surface area contributed by atoms with Crippen LogP contribution in [0.2, 0.25) is 0 Å². The maximum atomic E-state index is 11.3. The Labute approximate surface area is 103 Å². The fraction of sp³-hybridized carbons (Fsp3) is 0.333. The number of carbonyl (C=O) groups excluding carboxylic acids is 1. The van der Waals surface area contributed by atoms with E-state index in [2.05, 4.69) is 4.98 Å². The average Bonchev–Trinajstić information content (AvgIpc) is 2.68. The highest BCUT2D eigenvalue weighted by Gasteiger charge is 2.10. The summed E-state index contributed by atoms with van der Waals surface area (Å²) >= 11 is 1.24. The maximum Gasteiger partial charge on any atom is 0.316 e. The van der Waals surface area contributed by atoms with Gasteiger partial charge in [0.1, 0.15) is 11.3 Å². The van der Waals surface area contributed by atoms with Gasteiger partial charge in [-0.3, -0.25) is 4.79 Å². The van der Waals surface area contributed by atoms with Gasteiger partial charge in [-0.25, -0.2) is 4.98 Å². The quantitative estimate of drug-likeness (QED) is 0.617. The van der Waals surface area contributed by atoms with Gasteiger partial charge in [0.15, 0.2) is 5.58 Å². The number of carbonyl (C=O) groups is 1. The van der Waals surface area contributed by atoms with Gasteiger partial charge in [0.25, 0.3) is 5.22 Å². The van der Waals surface area contributed by atoms with Gasteiger partial charge >= 0.3 is 5.97 Å². The molecule has 0 unspecified atom stereocenters. The van der Waals surface area contributed by atoms with Crippen molar-refractivity contribution in [2.45, 2.75) is 25.2 Å². The van der Waals surface area contributed by atoms with Gasteiger partial charge in [-0.05, 0) is 26.0 Å². The zero-order chi connectivity index (χ0) is 12.3. The Morgan fingerprint density at radius 3 is 2.94 bits per heavy atom. The topological polar surface area (TPSA) is 52.3 Å². The molecule has 4 nitrogen and oxygen atoms in total. The van der Waals surface area contributed by atoms with Crippen molar-refractivity contribution in [2.24, 2.45) is 0 Å². The first-order valence-electron chi connectivity index (χ1n) is 5.33. The Balaban J connectivity index is 1.97. The number of esters is 1. The van der Waals surface area contributed by atoms with Crippen LogP contribution >= 0.6 is 11.8 Å². The van der Waals surface area contributed by atoms with E-state index >= 15 is 0 Å². The molecule has 2 rings (SSSR count). The third-order valence-electron chi connectivity index (χ3n) is 1.95. The van der Waals surface area contributed by atoms with Crippen LogP contribution in [0, 0.1) is 0 Å². The summed E-state index contributed by atoms with van der Waals surface area (Å²) in [4.78, 5) is 15.6. The third-order valence-corrected chi connectivity index (χ3v) is 2.76. The van der Waals surface area contributed by atoms with Crippen LogP contribution in [0.5, 0.6) is 0 Å². The standard InChI is InChI=1S/C12H13NO3S/c1-8(2)15-11(14)7-17-12-13-9-5-3-4-6-10(9)16-12/h3-6,8H,7H2,1-2H3. The van der Waals surface area contributed by atoms with Gasteiger partial charge in [0, 0.05) is 0 Å². The summed E-state index contributed by atoms with van der Waals surface area (Å²) in [6, 6.07) is 7.50. The van der Waals surface area contributed by atoms with E-state index in [0.29, 0.717) is 5.22 Å². The highest BCUT2D eigenvalue weighted by atomic mass is 32.2. The summed E-state index contributed by atoms with van der Waals surface area (Å²) in [5.74, 6) is -0.0439. The van der Waals surface area contributed by atoms with E-state index in [1.807, 2.05) is 38.1 Å². The molecule has 0 aliphatic heterocycles. The number of benzene rings is 1. The summed E-state index contributed by atoms with van der Waals surface area (Å²) in [6.45, 7) is 3.64. The molecule has 0 atom stereocenters. The van der Waals surface area contributed by atoms with Crippen molar-refractivity contribution < 1.29 is 13.9 Å². The van der Waals surface area contributed by atoms with E-state index < -0.39 is 0 Å². The van der Waals surface area contributed by atoms with Crippen molar-refractivity contribution in [1.29, 1.82) is 0 Å². The van der Waals surface area contributed by atoms with E-state index in [1.165, 1.54) is 11.8 Å². The number of hydrogen-bond donors (Lipinski definition) is 0. The summed E-state index contributed by atoms with van der Waals surface area (Å²) in [7, 11) is 0. The second-order valence-electron chi connectivity index (χ2n) is 3.77. The Hall–Kier alpha value is -1.49. The number of aromatic nitrogens is 1. The Kier molecular flexibility index (Phi) is 3.68. The lowest BCUT2D eigenvalue weighted by molar-refractivity contribution is -0.144. The minimum absolute atomic E-state index is 0.0910. The first-order chi connectivity index (χ1) is 8.15. The Morgan fingerprint density at radius 2 is 2.24 bits per heavy atom. The molecule has 0 saturated carbocycles. The summed E-state index contributed by atoms with van der Waals surface area (Å²) in [5, 5.41) is 0.493. The van der Waals surface area contributed by atoms with E-state index in [9.17, 15) is 4.79 Å². The molecule has 2 aromatic rings. The predicted molar refractivity (Wildman–Crippen MR) is 66.0 cm³/mol. The van der Waals surface area contributed by atoms with Crippen LogP contribution < -0.4 is 0 Å². The summed E-state index contributed by atoms with van der Waals surface area (Å²) in [6.07, 6.45) is -0.0910. The lowest BCUT2D eigenvalue weighted by Crippen LogP contribution is -2.13. The van der Waals surface area contributed by atoms with Gasteiger partial charge in [0.2, 0.25) is 0 Å². The molecule has 0 radical (unpaired) electrons. The Bertz CT molecular complexity index is 488. The first-order valence-corrected chi connectivity index (χ1v) is 6.31. The normalized spacial score (nSPS) is 11.0. The molecular weight excluding hydrogens is 238 g/mol. The van der Waals surface area contributed by atoms with Crippen molar-refractivity contribution in [3.63, 3.8) is 0 Å². The molecule has 0 saturated heterocycles. The minimum atomic E-state index is -0.257. The third kappa shape index (κ3) is 3.23. The van der Waals surface area contributed by atoms with Crippen LogP contribution in [0.1, 0.15) is 13.8 Å². The lowest BCUT2D eigenvalue weighted by Gasteiger charge is -2.05. The van der Waals surface area contributed by atoms with Gasteiger partial charge in [-0.2, -0.15) is 0 Å². The van der Waals surface area contributed by atoms with Crippen LogP contribution in [-0.4, -0.2) is 22.8 Å². The van der Waals surface area contributed by atoms with Crippen molar-refractivity contribution in [2.75, 3.05) is 5.75 Å². The number of fused-ring (bicyclic) bond motifs is 1. The smallest absolute Gasteiger partial charge is 0.316 e. The highest BCUT2D eigenvalue weighted by molar-refractivity contribution is 7.99. The van der Waals surface area contributed by atoms with Crippen LogP contribution in [0.3, 0.4) is 0 Å². The Morgan fingerprint density at radius 1 is 1.47 bits per heavy atom. The highest BCUT2D eigenvalue weighted by Crippen LogP contribution is 2.23. The van der Waals surface area contributed by atoms with Crippen LogP contribution in [0.25, 0.3) is 11.1 Å². The molecule has 0 aliphatic carbocycles. The van der Waals surface area contributed by atoms with E-state index in [0.717, 1.165) is 11.1 Å². The first kappa shape index (κ1) is 12.0. The molecule has 1 aromatic heterocycles. The molecule has 5 heteroatoms. The number of nitrogens with zero attached hydrogens (tertiary/aromatic N) is 1. The average molecular weight is 251 g/mol. The SMILES string of the molecule is CC(C)OC(=O)CSc1nc2ccccc2o1. The van der Waals surface area contributed by atoms with E-state index in [-0.39, 0.29) is 17.8 Å². The molecule has 0 spiro atoms. The minimum Gasteiger partial charge on any atom is -0.462 e.